The van der Waals surface area contributed by atoms with Gasteiger partial charge < -0.3 is 10.6 Å². The van der Waals surface area contributed by atoms with Crippen molar-refractivity contribution in [3.63, 3.8) is 0 Å². The van der Waals surface area contributed by atoms with Crippen LogP contribution in [-0.2, 0) is 15.8 Å². The minimum Gasteiger partial charge on any atom is -0.332 e. The fraction of sp³-hybridized carbons (Fsp3) is 0.556. The predicted molar refractivity (Wildman–Crippen MR) is 89.4 cm³/mol. The van der Waals surface area contributed by atoms with Crippen molar-refractivity contribution < 1.29 is 22.8 Å². The van der Waals surface area contributed by atoms with E-state index in [0.717, 1.165) is 12.1 Å². The zero-order valence-electron chi connectivity index (χ0n) is 14.9. The first-order chi connectivity index (χ1) is 11.5. The van der Waals surface area contributed by atoms with Gasteiger partial charge in [-0.1, -0.05) is 39.8 Å². The highest BCUT2D eigenvalue weighted by Gasteiger charge is 2.30. The van der Waals surface area contributed by atoms with E-state index in [4.69, 9.17) is 0 Å². The first kappa shape index (κ1) is 21.0. The topological polar surface area (TPSA) is 58.2 Å². The maximum Gasteiger partial charge on any atom is 0.416 e. The molecule has 25 heavy (non-hydrogen) atoms. The lowest BCUT2D eigenvalue weighted by Gasteiger charge is -2.22. The largest absolute Gasteiger partial charge is 0.416 e. The van der Waals surface area contributed by atoms with Gasteiger partial charge in [0.25, 0.3) is 0 Å². The van der Waals surface area contributed by atoms with Gasteiger partial charge >= 0.3 is 6.18 Å². The van der Waals surface area contributed by atoms with Gasteiger partial charge in [0, 0.05) is 12.8 Å². The molecular weight excluding hydrogens is 333 g/mol. The van der Waals surface area contributed by atoms with Crippen molar-refractivity contribution in [1.82, 2.24) is 10.6 Å². The normalized spacial score (nSPS) is 11.9. The standard InChI is InChI=1S/C18H25F3N2O2/c1-11(2)9-15(24)22-17(23-16(25)10-12(3)4)13-5-7-14(8-6-13)18(19,20)21/h5-8,11-12,17H,9-10H2,1-4H3,(H,22,24)(H,23,25). The highest BCUT2D eigenvalue weighted by atomic mass is 19.4. The fourth-order valence-corrected chi connectivity index (χ4v) is 2.25. The summed E-state index contributed by atoms with van der Waals surface area (Å²) in [5, 5.41) is 5.35. The zero-order valence-corrected chi connectivity index (χ0v) is 14.9. The molecule has 7 heteroatoms. The molecule has 0 bridgehead atoms. The molecule has 0 heterocycles. The fourth-order valence-electron chi connectivity index (χ4n) is 2.25. The van der Waals surface area contributed by atoms with Crippen LogP contribution in [0.2, 0.25) is 0 Å². The second kappa shape index (κ2) is 8.87. The number of carbonyl (C=O) groups is 2. The van der Waals surface area contributed by atoms with Crippen LogP contribution >= 0.6 is 0 Å². The van der Waals surface area contributed by atoms with Gasteiger partial charge in [0.2, 0.25) is 11.8 Å². The molecule has 0 aliphatic rings. The Morgan fingerprint density at radius 2 is 1.28 bits per heavy atom. The van der Waals surface area contributed by atoms with Crippen LogP contribution in [0.4, 0.5) is 13.2 Å². The number of carbonyl (C=O) groups excluding carboxylic acids is 2. The number of alkyl halides is 3. The number of benzene rings is 1. The first-order valence-corrected chi connectivity index (χ1v) is 8.25. The van der Waals surface area contributed by atoms with Gasteiger partial charge in [-0.2, -0.15) is 13.2 Å². The minimum absolute atomic E-state index is 0.125. The molecule has 0 aromatic heterocycles. The monoisotopic (exact) mass is 358 g/mol. The molecule has 0 aliphatic carbocycles. The van der Waals surface area contributed by atoms with Crippen molar-refractivity contribution in [3.8, 4) is 0 Å². The van der Waals surface area contributed by atoms with Gasteiger partial charge in [0.05, 0.1) is 5.56 Å². The molecule has 0 radical (unpaired) electrons. The molecule has 2 amide bonds. The summed E-state index contributed by atoms with van der Waals surface area (Å²) in [7, 11) is 0. The Bertz CT molecular complexity index is 557. The summed E-state index contributed by atoms with van der Waals surface area (Å²) in [5.41, 5.74) is -0.390. The van der Waals surface area contributed by atoms with E-state index in [1.807, 2.05) is 27.7 Å². The van der Waals surface area contributed by atoms with Crippen LogP contribution < -0.4 is 10.6 Å². The smallest absolute Gasteiger partial charge is 0.332 e. The van der Waals surface area contributed by atoms with E-state index >= 15 is 0 Å². The van der Waals surface area contributed by atoms with Gasteiger partial charge in [-0.05, 0) is 29.5 Å². The number of rotatable bonds is 7. The van der Waals surface area contributed by atoms with Crippen LogP contribution in [0.1, 0.15) is 57.8 Å². The average Bonchev–Trinajstić information content (AvgIpc) is 2.44. The Labute approximate surface area is 146 Å². The summed E-state index contributed by atoms with van der Waals surface area (Å²) in [6, 6.07) is 4.40. The van der Waals surface area contributed by atoms with Crippen molar-refractivity contribution in [1.29, 1.82) is 0 Å². The lowest BCUT2D eigenvalue weighted by molar-refractivity contribution is -0.137. The lowest BCUT2D eigenvalue weighted by atomic mass is 10.1. The number of nitrogens with one attached hydrogen (secondary N) is 2. The highest BCUT2D eigenvalue weighted by molar-refractivity contribution is 5.79. The van der Waals surface area contributed by atoms with Crippen LogP contribution in [-0.4, -0.2) is 11.8 Å². The Kier molecular flexibility index (Phi) is 7.45. The molecule has 0 saturated carbocycles. The summed E-state index contributed by atoms with van der Waals surface area (Å²) in [6.07, 6.45) is -4.77. The number of amides is 2. The molecule has 0 fully saturated rings. The Morgan fingerprint density at radius 3 is 1.60 bits per heavy atom. The third-order valence-corrected chi connectivity index (χ3v) is 3.37. The van der Waals surface area contributed by atoms with Crippen LogP contribution in [0.5, 0.6) is 0 Å². The molecule has 0 unspecified atom stereocenters. The van der Waals surface area contributed by atoms with Crippen molar-refractivity contribution in [2.75, 3.05) is 0 Å². The third kappa shape index (κ3) is 7.58. The van der Waals surface area contributed by atoms with Crippen molar-refractivity contribution in [3.05, 3.63) is 35.4 Å². The Hall–Kier alpha value is -2.05. The Morgan fingerprint density at radius 1 is 0.880 bits per heavy atom. The molecule has 0 atom stereocenters. The minimum atomic E-state index is -4.43. The van der Waals surface area contributed by atoms with Crippen molar-refractivity contribution in [2.45, 2.75) is 52.9 Å². The Balaban J connectivity index is 2.96. The summed E-state index contributed by atoms with van der Waals surface area (Å²) in [6.45, 7) is 7.52. The van der Waals surface area contributed by atoms with E-state index in [2.05, 4.69) is 10.6 Å². The molecule has 0 aliphatic heterocycles. The highest BCUT2D eigenvalue weighted by Crippen LogP contribution is 2.29. The molecule has 0 saturated heterocycles. The number of hydrogen-bond donors (Lipinski definition) is 2. The van der Waals surface area contributed by atoms with Gasteiger partial charge in [-0.25, -0.2) is 0 Å². The summed E-state index contributed by atoms with van der Waals surface area (Å²) < 4.78 is 38.1. The van der Waals surface area contributed by atoms with Gasteiger partial charge in [-0.3, -0.25) is 9.59 Å². The first-order valence-electron chi connectivity index (χ1n) is 8.25. The van der Waals surface area contributed by atoms with E-state index in [1.54, 1.807) is 0 Å². The van der Waals surface area contributed by atoms with E-state index in [-0.39, 0.29) is 36.5 Å². The quantitative estimate of drug-likeness (QED) is 0.723. The molecule has 1 rings (SSSR count). The van der Waals surface area contributed by atoms with Crippen LogP contribution in [0.15, 0.2) is 24.3 Å². The van der Waals surface area contributed by atoms with Crippen molar-refractivity contribution in [2.24, 2.45) is 11.8 Å². The van der Waals surface area contributed by atoms with Crippen molar-refractivity contribution >= 4 is 11.8 Å². The molecule has 2 N–H and O–H groups in total. The molecule has 4 nitrogen and oxygen atoms in total. The summed E-state index contributed by atoms with van der Waals surface area (Å²) >= 11 is 0. The van der Waals surface area contributed by atoms with Gasteiger partial charge in [-0.15, -0.1) is 0 Å². The SMILES string of the molecule is CC(C)CC(=O)NC(NC(=O)CC(C)C)c1ccc(C(F)(F)F)cc1. The predicted octanol–water partition coefficient (Wildman–Crippen LogP) is 4.03. The molecule has 1 aromatic rings. The lowest BCUT2D eigenvalue weighted by Crippen LogP contribution is -2.41. The molecule has 140 valence electrons. The van der Waals surface area contributed by atoms with E-state index < -0.39 is 17.9 Å². The van der Waals surface area contributed by atoms with Crippen LogP contribution in [0.3, 0.4) is 0 Å². The molecular formula is C18H25F3N2O2. The number of hydrogen-bond acceptors (Lipinski definition) is 2. The second-order valence-electron chi connectivity index (χ2n) is 6.88. The molecule has 1 aromatic carbocycles. The van der Waals surface area contributed by atoms with E-state index in [1.165, 1.54) is 12.1 Å². The number of halogens is 3. The second-order valence-corrected chi connectivity index (χ2v) is 6.88. The van der Waals surface area contributed by atoms with E-state index in [0.29, 0.717) is 5.56 Å². The van der Waals surface area contributed by atoms with Crippen LogP contribution in [0, 0.1) is 11.8 Å². The van der Waals surface area contributed by atoms with Gasteiger partial charge in [0.15, 0.2) is 0 Å². The van der Waals surface area contributed by atoms with E-state index in [9.17, 15) is 22.8 Å². The van der Waals surface area contributed by atoms with Crippen LogP contribution in [0.25, 0.3) is 0 Å². The van der Waals surface area contributed by atoms with Gasteiger partial charge in [0.1, 0.15) is 6.17 Å². The maximum atomic E-state index is 12.7. The summed E-state index contributed by atoms with van der Waals surface area (Å²) in [5.74, 6) is -0.297. The maximum absolute atomic E-state index is 12.7. The molecule has 0 spiro atoms. The average molecular weight is 358 g/mol. The third-order valence-electron chi connectivity index (χ3n) is 3.37. The summed E-state index contributed by atoms with van der Waals surface area (Å²) in [4.78, 5) is 24.0. The zero-order chi connectivity index (χ0) is 19.2.